The second-order valence-electron chi connectivity index (χ2n) is 7.80. The van der Waals surface area contributed by atoms with Gasteiger partial charge in [-0.1, -0.05) is 0 Å². The SMILES string of the molecule is Cc1nc(CC(=O)N2CC[C@H](O)[C@@]3(CCCN(C(=O)c4ccco4)C3)C2)n[nH]1. The van der Waals surface area contributed by atoms with Crippen LogP contribution in [0.1, 0.15) is 41.5 Å². The molecule has 0 saturated carbocycles. The van der Waals surface area contributed by atoms with E-state index in [1.807, 2.05) is 0 Å². The van der Waals surface area contributed by atoms with Crippen molar-refractivity contribution in [1.29, 1.82) is 0 Å². The number of aromatic amines is 1. The monoisotopic (exact) mass is 387 g/mol. The fourth-order valence-corrected chi connectivity index (χ4v) is 4.37. The summed E-state index contributed by atoms with van der Waals surface area (Å²) in [6.45, 7) is 3.76. The molecule has 0 aliphatic carbocycles. The highest BCUT2D eigenvalue weighted by molar-refractivity contribution is 5.91. The van der Waals surface area contributed by atoms with Gasteiger partial charge in [0.25, 0.3) is 5.91 Å². The van der Waals surface area contributed by atoms with Crippen LogP contribution in [0.25, 0.3) is 0 Å². The molecule has 1 spiro atoms. The number of nitrogens with one attached hydrogen (secondary N) is 1. The first-order valence-electron chi connectivity index (χ1n) is 9.63. The summed E-state index contributed by atoms with van der Waals surface area (Å²) in [4.78, 5) is 33.2. The topological polar surface area (TPSA) is 116 Å². The number of hydrogen-bond acceptors (Lipinski definition) is 6. The van der Waals surface area contributed by atoms with E-state index >= 15 is 0 Å². The Morgan fingerprint density at radius 1 is 1.36 bits per heavy atom. The van der Waals surface area contributed by atoms with Crippen LogP contribution in [0, 0.1) is 12.3 Å². The molecule has 9 nitrogen and oxygen atoms in total. The van der Waals surface area contributed by atoms with Gasteiger partial charge in [0, 0.05) is 31.6 Å². The number of amides is 2. The molecular weight excluding hydrogens is 362 g/mol. The smallest absolute Gasteiger partial charge is 0.289 e. The predicted molar refractivity (Wildman–Crippen MR) is 98.3 cm³/mol. The zero-order chi connectivity index (χ0) is 19.7. The number of rotatable bonds is 3. The van der Waals surface area contributed by atoms with Crippen LogP contribution in [0.3, 0.4) is 0 Å². The van der Waals surface area contributed by atoms with Crippen molar-refractivity contribution in [3.05, 3.63) is 35.8 Å². The average molecular weight is 387 g/mol. The van der Waals surface area contributed by atoms with Crippen LogP contribution < -0.4 is 0 Å². The van der Waals surface area contributed by atoms with Crippen molar-refractivity contribution in [2.24, 2.45) is 5.41 Å². The quantitative estimate of drug-likeness (QED) is 0.804. The lowest BCUT2D eigenvalue weighted by molar-refractivity contribution is -0.141. The Hall–Kier alpha value is -2.68. The van der Waals surface area contributed by atoms with Crippen molar-refractivity contribution in [2.75, 3.05) is 26.2 Å². The summed E-state index contributed by atoms with van der Waals surface area (Å²) in [5.41, 5.74) is -0.511. The number of aliphatic hydroxyl groups excluding tert-OH is 1. The number of aliphatic hydroxyl groups is 1. The maximum Gasteiger partial charge on any atom is 0.289 e. The number of aryl methyl sites for hydroxylation is 1. The summed E-state index contributed by atoms with van der Waals surface area (Å²) < 4.78 is 5.24. The van der Waals surface area contributed by atoms with Gasteiger partial charge in [-0.25, -0.2) is 4.98 Å². The van der Waals surface area contributed by atoms with Crippen LogP contribution in [0.15, 0.2) is 22.8 Å². The minimum atomic E-state index is -0.547. The molecule has 2 saturated heterocycles. The van der Waals surface area contributed by atoms with Crippen LogP contribution >= 0.6 is 0 Å². The molecule has 0 radical (unpaired) electrons. The molecule has 2 aromatic rings. The summed E-state index contributed by atoms with van der Waals surface area (Å²) >= 11 is 0. The van der Waals surface area contributed by atoms with Crippen molar-refractivity contribution in [1.82, 2.24) is 25.0 Å². The second kappa shape index (κ2) is 7.38. The van der Waals surface area contributed by atoms with Crippen molar-refractivity contribution in [3.8, 4) is 0 Å². The van der Waals surface area contributed by atoms with Crippen LogP contribution in [0.4, 0.5) is 0 Å². The van der Waals surface area contributed by atoms with Crippen LogP contribution in [-0.4, -0.2) is 74.2 Å². The zero-order valence-corrected chi connectivity index (χ0v) is 15.9. The fourth-order valence-electron chi connectivity index (χ4n) is 4.37. The maximum atomic E-state index is 12.8. The van der Waals surface area contributed by atoms with E-state index in [1.54, 1.807) is 28.9 Å². The lowest BCUT2D eigenvalue weighted by Gasteiger charge is -2.50. The normalized spacial score (nSPS) is 25.3. The number of carbonyl (C=O) groups excluding carboxylic acids is 2. The number of likely N-dealkylation sites (tertiary alicyclic amines) is 2. The number of carbonyl (C=O) groups is 2. The van der Waals surface area contributed by atoms with E-state index in [4.69, 9.17) is 4.42 Å². The highest BCUT2D eigenvalue weighted by atomic mass is 16.3. The van der Waals surface area contributed by atoms with Crippen LogP contribution in [0.2, 0.25) is 0 Å². The fraction of sp³-hybridized carbons (Fsp3) is 0.579. The van der Waals surface area contributed by atoms with Gasteiger partial charge in [-0.3, -0.25) is 14.7 Å². The third-order valence-corrected chi connectivity index (χ3v) is 5.82. The zero-order valence-electron chi connectivity index (χ0n) is 15.9. The van der Waals surface area contributed by atoms with E-state index in [9.17, 15) is 14.7 Å². The molecule has 2 aromatic heterocycles. The van der Waals surface area contributed by atoms with Gasteiger partial charge in [0.05, 0.1) is 18.8 Å². The van der Waals surface area contributed by atoms with Crippen LogP contribution in [-0.2, 0) is 11.2 Å². The molecule has 150 valence electrons. The van der Waals surface area contributed by atoms with Gasteiger partial charge in [-0.15, -0.1) is 0 Å². The molecule has 0 aromatic carbocycles. The number of aromatic nitrogens is 3. The summed E-state index contributed by atoms with van der Waals surface area (Å²) in [7, 11) is 0. The first kappa shape index (κ1) is 18.7. The molecule has 2 amide bonds. The van der Waals surface area contributed by atoms with E-state index in [1.165, 1.54) is 6.26 Å². The Labute approximate surface area is 162 Å². The van der Waals surface area contributed by atoms with Gasteiger partial charge in [0.2, 0.25) is 5.91 Å². The Balaban J connectivity index is 1.47. The standard InChI is InChI=1S/C19H25N5O4/c1-13-20-16(22-21-13)10-17(26)23-8-5-15(25)19(11-23)6-3-7-24(12-19)18(27)14-4-2-9-28-14/h2,4,9,15,25H,3,5-8,10-12H2,1H3,(H,20,21,22)/t15-,19-/m0/s1. The van der Waals surface area contributed by atoms with Crippen LogP contribution in [0.5, 0.6) is 0 Å². The minimum Gasteiger partial charge on any atom is -0.459 e. The Kier molecular flexibility index (Phi) is 4.92. The third kappa shape index (κ3) is 3.54. The van der Waals surface area contributed by atoms with Crippen molar-refractivity contribution < 1.29 is 19.1 Å². The molecule has 2 N–H and O–H groups in total. The van der Waals surface area contributed by atoms with Crippen molar-refractivity contribution >= 4 is 11.8 Å². The van der Waals surface area contributed by atoms with E-state index < -0.39 is 11.5 Å². The Bertz CT molecular complexity index is 848. The van der Waals surface area contributed by atoms with Gasteiger partial charge in [-0.2, -0.15) is 5.10 Å². The summed E-state index contributed by atoms with van der Waals surface area (Å²) in [6.07, 6.45) is 3.13. The largest absolute Gasteiger partial charge is 0.459 e. The molecule has 0 unspecified atom stereocenters. The number of nitrogens with zero attached hydrogens (tertiary/aromatic N) is 4. The molecule has 2 atom stereocenters. The van der Waals surface area contributed by atoms with Gasteiger partial charge in [0.1, 0.15) is 5.82 Å². The molecule has 9 heteroatoms. The summed E-state index contributed by atoms with van der Waals surface area (Å²) in [5, 5.41) is 17.6. The Morgan fingerprint density at radius 2 is 2.18 bits per heavy atom. The van der Waals surface area contributed by atoms with E-state index in [2.05, 4.69) is 15.2 Å². The molecule has 0 bridgehead atoms. The lowest BCUT2D eigenvalue weighted by atomic mass is 9.71. The summed E-state index contributed by atoms with van der Waals surface area (Å²) in [6, 6.07) is 3.34. The number of furan rings is 1. The van der Waals surface area contributed by atoms with E-state index in [0.717, 1.165) is 12.8 Å². The number of hydrogen-bond donors (Lipinski definition) is 2. The predicted octanol–water partition coefficient (Wildman–Crippen LogP) is 0.764. The molecular formula is C19H25N5O4. The Morgan fingerprint density at radius 3 is 2.89 bits per heavy atom. The average Bonchev–Trinajstić information content (AvgIpc) is 3.36. The molecule has 2 aliphatic heterocycles. The summed E-state index contributed by atoms with van der Waals surface area (Å²) in [5.74, 6) is 1.22. The first-order chi connectivity index (χ1) is 13.5. The lowest BCUT2D eigenvalue weighted by Crippen LogP contribution is -2.60. The molecule has 2 aliphatic rings. The first-order valence-corrected chi connectivity index (χ1v) is 9.63. The molecule has 4 heterocycles. The van der Waals surface area contributed by atoms with Crippen molar-refractivity contribution in [3.63, 3.8) is 0 Å². The number of piperidine rings is 2. The van der Waals surface area contributed by atoms with Crippen molar-refractivity contribution in [2.45, 2.75) is 38.7 Å². The molecule has 2 fully saturated rings. The van der Waals surface area contributed by atoms with Gasteiger partial charge >= 0.3 is 0 Å². The minimum absolute atomic E-state index is 0.0558. The van der Waals surface area contributed by atoms with Gasteiger partial charge in [-0.05, 0) is 38.3 Å². The third-order valence-electron chi connectivity index (χ3n) is 5.82. The molecule has 4 rings (SSSR count). The van der Waals surface area contributed by atoms with Gasteiger partial charge < -0.3 is 19.3 Å². The number of H-pyrrole nitrogens is 1. The van der Waals surface area contributed by atoms with E-state index in [0.29, 0.717) is 50.0 Å². The highest BCUT2D eigenvalue weighted by Gasteiger charge is 2.47. The maximum absolute atomic E-state index is 12.8. The molecule has 28 heavy (non-hydrogen) atoms. The van der Waals surface area contributed by atoms with Gasteiger partial charge in [0.15, 0.2) is 11.6 Å². The second-order valence-corrected chi connectivity index (χ2v) is 7.80. The highest BCUT2D eigenvalue weighted by Crippen LogP contribution is 2.39. The van der Waals surface area contributed by atoms with E-state index in [-0.39, 0.29) is 18.2 Å².